The number of hydrogen-bond donors (Lipinski definition) is 0. The second-order valence-corrected chi connectivity index (χ2v) is 7.25. The Kier molecular flexibility index (Phi) is 4.48. The van der Waals surface area contributed by atoms with Crippen LogP contribution in [0.4, 0.5) is 0 Å². The molecule has 1 saturated heterocycles. The van der Waals surface area contributed by atoms with Crippen molar-refractivity contribution in [3.8, 4) is 11.1 Å². The smallest absolute Gasteiger partial charge is 0.253 e. The highest BCUT2D eigenvalue weighted by Crippen LogP contribution is 2.27. The van der Waals surface area contributed by atoms with E-state index in [1.54, 1.807) is 36.9 Å². The van der Waals surface area contributed by atoms with Crippen LogP contribution in [0.25, 0.3) is 16.8 Å². The van der Waals surface area contributed by atoms with Gasteiger partial charge in [-0.3, -0.25) is 14.8 Å². The summed E-state index contributed by atoms with van der Waals surface area (Å²) < 4.78 is 1.83. The Hall–Kier alpha value is -3.61. The van der Waals surface area contributed by atoms with Gasteiger partial charge in [-0.25, -0.2) is 9.50 Å². The van der Waals surface area contributed by atoms with E-state index in [4.69, 9.17) is 10.1 Å². The molecule has 29 heavy (non-hydrogen) atoms. The third-order valence-corrected chi connectivity index (χ3v) is 5.36. The molecule has 0 bridgehead atoms. The molecule has 4 aromatic heterocycles. The summed E-state index contributed by atoms with van der Waals surface area (Å²) in [5.41, 5.74) is 3.64. The minimum absolute atomic E-state index is 0.0424. The molecule has 0 N–H and O–H groups in total. The molecular formula is C22H20N6O. The molecule has 4 aromatic rings. The number of carbonyl (C=O) groups excluding carboxylic acids is 1. The van der Waals surface area contributed by atoms with Gasteiger partial charge in [0.1, 0.15) is 0 Å². The molecule has 144 valence electrons. The minimum atomic E-state index is 0.0424. The molecule has 0 aromatic carbocycles. The Morgan fingerprint density at radius 1 is 0.931 bits per heavy atom. The maximum absolute atomic E-state index is 12.8. The maximum Gasteiger partial charge on any atom is 0.253 e. The first kappa shape index (κ1) is 17.5. The highest BCUT2D eigenvalue weighted by atomic mass is 16.2. The normalized spacial score (nSPS) is 16.8. The van der Waals surface area contributed by atoms with Crippen LogP contribution < -0.4 is 0 Å². The number of pyridine rings is 3. The van der Waals surface area contributed by atoms with Gasteiger partial charge in [0.15, 0.2) is 11.5 Å². The van der Waals surface area contributed by atoms with E-state index in [2.05, 4.69) is 9.97 Å². The predicted molar refractivity (Wildman–Crippen MR) is 108 cm³/mol. The molecule has 0 aliphatic carbocycles. The molecular weight excluding hydrogens is 364 g/mol. The van der Waals surface area contributed by atoms with Gasteiger partial charge in [0.25, 0.3) is 5.91 Å². The molecule has 0 saturated carbocycles. The molecule has 1 amide bonds. The molecule has 5 heterocycles. The van der Waals surface area contributed by atoms with Crippen LogP contribution in [0, 0.1) is 0 Å². The summed E-state index contributed by atoms with van der Waals surface area (Å²) in [6.45, 7) is 1.40. The summed E-state index contributed by atoms with van der Waals surface area (Å²) in [4.78, 5) is 27.5. The first-order valence-corrected chi connectivity index (χ1v) is 9.74. The van der Waals surface area contributed by atoms with Crippen molar-refractivity contribution in [1.82, 2.24) is 29.5 Å². The van der Waals surface area contributed by atoms with Gasteiger partial charge in [-0.05, 0) is 54.8 Å². The van der Waals surface area contributed by atoms with Crippen LogP contribution in [0.3, 0.4) is 0 Å². The lowest BCUT2D eigenvalue weighted by atomic mass is 9.97. The number of piperidine rings is 1. The van der Waals surface area contributed by atoms with Gasteiger partial charge in [0.2, 0.25) is 0 Å². The molecule has 7 heteroatoms. The van der Waals surface area contributed by atoms with Gasteiger partial charge in [0, 0.05) is 61.1 Å². The number of likely N-dealkylation sites (tertiary alicyclic amines) is 1. The predicted octanol–water partition coefficient (Wildman–Crippen LogP) is 3.21. The average molecular weight is 384 g/mol. The summed E-state index contributed by atoms with van der Waals surface area (Å²) in [5, 5.41) is 4.73. The van der Waals surface area contributed by atoms with Crippen molar-refractivity contribution < 1.29 is 4.79 Å². The number of nitrogens with zero attached hydrogens (tertiary/aromatic N) is 6. The van der Waals surface area contributed by atoms with E-state index >= 15 is 0 Å². The van der Waals surface area contributed by atoms with Crippen molar-refractivity contribution in [2.75, 3.05) is 13.1 Å². The van der Waals surface area contributed by atoms with E-state index in [0.717, 1.165) is 42.0 Å². The molecule has 0 spiro atoms. The van der Waals surface area contributed by atoms with Crippen molar-refractivity contribution in [3.05, 3.63) is 78.8 Å². The highest BCUT2D eigenvalue weighted by molar-refractivity contribution is 5.94. The molecule has 1 fully saturated rings. The van der Waals surface area contributed by atoms with Crippen LogP contribution >= 0.6 is 0 Å². The number of aromatic nitrogens is 5. The fourth-order valence-corrected chi connectivity index (χ4v) is 3.84. The minimum Gasteiger partial charge on any atom is -0.338 e. The third kappa shape index (κ3) is 3.47. The Labute approximate surface area is 168 Å². The molecule has 5 rings (SSSR count). The SMILES string of the molecule is O=C(c1ccncc1)N1CCCC(c2nc3ccc(-c4ccncc4)cn3n2)C1. The number of amides is 1. The van der Waals surface area contributed by atoms with Crippen LogP contribution in [0.1, 0.15) is 34.9 Å². The second kappa shape index (κ2) is 7.43. The fourth-order valence-electron chi connectivity index (χ4n) is 3.84. The van der Waals surface area contributed by atoms with E-state index in [1.807, 2.05) is 39.9 Å². The Bertz CT molecular complexity index is 1140. The number of hydrogen-bond acceptors (Lipinski definition) is 5. The topological polar surface area (TPSA) is 76.3 Å². The lowest BCUT2D eigenvalue weighted by molar-refractivity contribution is 0.0704. The number of carbonyl (C=O) groups is 1. The van der Waals surface area contributed by atoms with Crippen molar-refractivity contribution in [3.63, 3.8) is 0 Å². The second-order valence-electron chi connectivity index (χ2n) is 7.25. The Morgan fingerprint density at radius 3 is 2.48 bits per heavy atom. The average Bonchev–Trinajstić information content (AvgIpc) is 3.23. The van der Waals surface area contributed by atoms with Crippen LogP contribution in [0.15, 0.2) is 67.4 Å². The monoisotopic (exact) mass is 384 g/mol. The lowest BCUT2D eigenvalue weighted by Crippen LogP contribution is -2.39. The van der Waals surface area contributed by atoms with Gasteiger partial charge in [-0.15, -0.1) is 0 Å². The highest BCUT2D eigenvalue weighted by Gasteiger charge is 2.28. The van der Waals surface area contributed by atoms with Crippen molar-refractivity contribution in [2.45, 2.75) is 18.8 Å². The quantitative estimate of drug-likeness (QED) is 0.542. The van der Waals surface area contributed by atoms with E-state index in [1.165, 1.54) is 0 Å². The van der Waals surface area contributed by atoms with Crippen molar-refractivity contribution in [1.29, 1.82) is 0 Å². The molecule has 1 atom stereocenters. The third-order valence-electron chi connectivity index (χ3n) is 5.36. The molecule has 0 radical (unpaired) electrons. The Balaban J connectivity index is 1.39. The van der Waals surface area contributed by atoms with Crippen LogP contribution in [-0.4, -0.2) is 48.5 Å². The molecule has 1 aliphatic heterocycles. The van der Waals surface area contributed by atoms with Crippen LogP contribution in [0.5, 0.6) is 0 Å². The van der Waals surface area contributed by atoms with Crippen molar-refractivity contribution >= 4 is 11.6 Å². The maximum atomic E-state index is 12.8. The van der Waals surface area contributed by atoms with Crippen molar-refractivity contribution in [2.24, 2.45) is 0 Å². The summed E-state index contributed by atoms with van der Waals surface area (Å²) in [6.07, 6.45) is 10.8. The summed E-state index contributed by atoms with van der Waals surface area (Å²) in [5.74, 6) is 0.976. The van der Waals surface area contributed by atoms with Gasteiger partial charge >= 0.3 is 0 Å². The van der Waals surface area contributed by atoms with Gasteiger partial charge in [0.05, 0.1) is 0 Å². The summed E-state index contributed by atoms with van der Waals surface area (Å²) in [6, 6.07) is 11.5. The van der Waals surface area contributed by atoms with E-state index in [0.29, 0.717) is 12.1 Å². The summed E-state index contributed by atoms with van der Waals surface area (Å²) in [7, 11) is 0. The zero-order valence-corrected chi connectivity index (χ0v) is 15.8. The van der Waals surface area contributed by atoms with Crippen LogP contribution in [0.2, 0.25) is 0 Å². The molecule has 1 unspecified atom stereocenters. The van der Waals surface area contributed by atoms with E-state index < -0.39 is 0 Å². The zero-order chi connectivity index (χ0) is 19.6. The number of rotatable bonds is 3. The van der Waals surface area contributed by atoms with Crippen LogP contribution in [-0.2, 0) is 0 Å². The number of fused-ring (bicyclic) bond motifs is 1. The fraction of sp³-hybridized carbons (Fsp3) is 0.227. The van der Waals surface area contributed by atoms with E-state index in [-0.39, 0.29) is 11.8 Å². The molecule has 1 aliphatic rings. The first-order valence-electron chi connectivity index (χ1n) is 9.74. The zero-order valence-electron chi connectivity index (χ0n) is 15.8. The standard InChI is InChI=1S/C22H20N6O/c29-22(17-7-11-24-12-8-17)27-13-1-2-19(14-27)21-25-20-4-3-18(15-28(20)26-21)16-5-9-23-10-6-16/h3-12,15,19H,1-2,13-14H2. The largest absolute Gasteiger partial charge is 0.338 e. The Morgan fingerprint density at radius 2 is 1.69 bits per heavy atom. The molecule has 7 nitrogen and oxygen atoms in total. The lowest BCUT2D eigenvalue weighted by Gasteiger charge is -2.31. The van der Waals surface area contributed by atoms with Gasteiger partial charge in [-0.2, -0.15) is 5.10 Å². The van der Waals surface area contributed by atoms with Gasteiger partial charge < -0.3 is 4.90 Å². The van der Waals surface area contributed by atoms with Gasteiger partial charge in [-0.1, -0.05) is 0 Å². The summed E-state index contributed by atoms with van der Waals surface area (Å²) >= 11 is 0. The van der Waals surface area contributed by atoms with E-state index in [9.17, 15) is 4.79 Å². The first-order chi connectivity index (χ1) is 14.3.